The zero-order chi connectivity index (χ0) is 14.1. The summed E-state index contributed by atoms with van der Waals surface area (Å²) in [5.74, 6) is 0.0145. The van der Waals surface area contributed by atoms with E-state index in [2.05, 4.69) is 15.9 Å². The molecule has 3 nitrogen and oxygen atoms in total. The molecule has 0 spiro atoms. The normalized spacial score (nSPS) is 16.8. The van der Waals surface area contributed by atoms with Crippen LogP contribution in [0, 0.1) is 0 Å². The fourth-order valence-corrected chi connectivity index (χ4v) is 2.85. The first kappa shape index (κ1) is 16.8. The predicted molar refractivity (Wildman–Crippen MR) is 73.8 cm³/mol. The average Bonchev–Trinajstić information content (AvgIpc) is 2.41. The molecule has 19 heavy (non-hydrogen) atoms. The summed E-state index contributed by atoms with van der Waals surface area (Å²) in [6.07, 6.45) is 3.40. The molecule has 0 N–H and O–H groups in total. The van der Waals surface area contributed by atoms with Crippen LogP contribution < -0.4 is 0 Å². The number of ether oxygens (including phenoxy) is 1. The highest BCUT2D eigenvalue weighted by molar-refractivity contribution is 9.09. The highest BCUT2D eigenvalue weighted by Gasteiger charge is 2.24. The second kappa shape index (κ2) is 9.64. The molecule has 112 valence electrons. The smallest absolute Gasteiger partial charge is 0.261 e. The Balaban J connectivity index is 2.34. The van der Waals surface area contributed by atoms with Gasteiger partial charge >= 0.3 is 0 Å². The summed E-state index contributed by atoms with van der Waals surface area (Å²) in [4.78, 5) is 14.0. The summed E-state index contributed by atoms with van der Waals surface area (Å²) in [6, 6.07) is 0.314. The number of alkyl halides is 3. The van der Waals surface area contributed by atoms with Crippen molar-refractivity contribution in [1.29, 1.82) is 0 Å². The molecule has 0 aliphatic heterocycles. The Morgan fingerprint density at radius 3 is 2.58 bits per heavy atom. The van der Waals surface area contributed by atoms with Gasteiger partial charge in [-0.05, 0) is 12.8 Å². The molecule has 0 saturated heterocycles. The number of halogens is 3. The summed E-state index contributed by atoms with van der Waals surface area (Å²) in [6.45, 7) is 0.169. The molecule has 1 saturated carbocycles. The van der Waals surface area contributed by atoms with Crippen molar-refractivity contribution in [1.82, 2.24) is 4.90 Å². The zero-order valence-electron chi connectivity index (χ0n) is 11.1. The average molecular weight is 342 g/mol. The molecule has 1 fully saturated rings. The van der Waals surface area contributed by atoms with Crippen LogP contribution in [0.25, 0.3) is 0 Å². The number of rotatable bonds is 8. The number of carbonyl (C=O) groups excluding carboxylic acids is 1. The van der Waals surface area contributed by atoms with Crippen molar-refractivity contribution in [2.45, 2.75) is 51.0 Å². The van der Waals surface area contributed by atoms with Crippen molar-refractivity contribution in [3.05, 3.63) is 0 Å². The lowest BCUT2D eigenvalue weighted by Gasteiger charge is -2.34. The maximum Gasteiger partial charge on any atom is 0.261 e. The van der Waals surface area contributed by atoms with Gasteiger partial charge in [0.1, 0.15) is 6.61 Å². The molecule has 0 unspecified atom stereocenters. The van der Waals surface area contributed by atoms with Crippen molar-refractivity contribution in [2.24, 2.45) is 0 Å². The second-order valence-electron chi connectivity index (χ2n) is 4.78. The van der Waals surface area contributed by atoms with Gasteiger partial charge in [-0.15, -0.1) is 0 Å². The van der Waals surface area contributed by atoms with Crippen LogP contribution in [0.5, 0.6) is 0 Å². The molecule has 1 rings (SSSR count). The highest BCUT2D eigenvalue weighted by atomic mass is 79.9. The monoisotopic (exact) mass is 341 g/mol. The molecule has 0 aromatic heterocycles. The third-order valence-corrected chi connectivity index (χ3v) is 3.72. The van der Waals surface area contributed by atoms with E-state index < -0.39 is 13.0 Å². The van der Waals surface area contributed by atoms with E-state index in [1.54, 1.807) is 0 Å². The number of hydrogen-bond acceptors (Lipinski definition) is 2. The van der Waals surface area contributed by atoms with Crippen LogP contribution in [0.3, 0.4) is 0 Å². The molecule has 1 aliphatic carbocycles. The molecule has 1 amide bonds. The Bertz CT molecular complexity index is 261. The van der Waals surface area contributed by atoms with Crippen LogP contribution in [0.4, 0.5) is 8.78 Å². The fourth-order valence-electron chi connectivity index (χ4n) is 2.47. The molecule has 0 atom stereocenters. The van der Waals surface area contributed by atoms with Gasteiger partial charge in [0.2, 0.25) is 5.91 Å². The summed E-state index contributed by atoms with van der Waals surface area (Å²) in [5, 5.41) is 0.743. The van der Waals surface area contributed by atoms with Gasteiger partial charge in [-0.1, -0.05) is 35.2 Å². The standard InChI is InChI=1S/C13H22BrF2NO2/c14-7-8-17(11-4-2-1-3-5-11)13(18)6-9-19-10-12(15)16/h11-12H,1-10H2. The van der Waals surface area contributed by atoms with E-state index in [0.29, 0.717) is 12.6 Å². The molecule has 0 radical (unpaired) electrons. The van der Waals surface area contributed by atoms with E-state index in [4.69, 9.17) is 4.74 Å². The highest BCUT2D eigenvalue weighted by Crippen LogP contribution is 2.23. The minimum absolute atomic E-state index is 0.0145. The van der Waals surface area contributed by atoms with Crippen LogP contribution in [0.15, 0.2) is 0 Å². The van der Waals surface area contributed by atoms with Crippen LogP contribution in [-0.4, -0.2) is 48.4 Å². The van der Waals surface area contributed by atoms with Crippen molar-refractivity contribution in [2.75, 3.05) is 25.1 Å². The van der Waals surface area contributed by atoms with Crippen molar-refractivity contribution >= 4 is 21.8 Å². The topological polar surface area (TPSA) is 29.5 Å². The minimum Gasteiger partial charge on any atom is -0.375 e. The predicted octanol–water partition coefficient (Wildman–Crippen LogP) is 3.21. The number of amides is 1. The van der Waals surface area contributed by atoms with Gasteiger partial charge in [0, 0.05) is 17.9 Å². The van der Waals surface area contributed by atoms with E-state index in [9.17, 15) is 13.6 Å². The van der Waals surface area contributed by atoms with E-state index in [1.165, 1.54) is 19.3 Å². The van der Waals surface area contributed by atoms with Gasteiger partial charge in [-0.2, -0.15) is 0 Å². The van der Waals surface area contributed by atoms with Crippen LogP contribution in [0.1, 0.15) is 38.5 Å². The molecule has 0 aromatic carbocycles. The third-order valence-electron chi connectivity index (χ3n) is 3.37. The maximum absolute atomic E-state index is 12.1. The molecule has 0 bridgehead atoms. The van der Waals surface area contributed by atoms with Gasteiger partial charge < -0.3 is 9.64 Å². The van der Waals surface area contributed by atoms with Gasteiger partial charge in [-0.3, -0.25) is 4.79 Å². The van der Waals surface area contributed by atoms with E-state index in [-0.39, 0.29) is 18.9 Å². The first-order valence-electron chi connectivity index (χ1n) is 6.86. The molecule has 0 aromatic rings. The summed E-state index contributed by atoms with van der Waals surface area (Å²) < 4.78 is 28.6. The van der Waals surface area contributed by atoms with Gasteiger partial charge in [-0.25, -0.2) is 8.78 Å². The number of hydrogen-bond donors (Lipinski definition) is 0. The van der Waals surface area contributed by atoms with Crippen molar-refractivity contribution < 1.29 is 18.3 Å². The SMILES string of the molecule is O=C(CCOCC(F)F)N(CCBr)C1CCCCC1. The lowest BCUT2D eigenvalue weighted by molar-refractivity contribution is -0.135. The molecule has 0 heterocycles. The van der Waals surface area contributed by atoms with E-state index in [1.807, 2.05) is 4.90 Å². The Labute approximate surface area is 121 Å². The zero-order valence-corrected chi connectivity index (χ0v) is 12.7. The fraction of sp³-hybridized carbons (Fsp3) is 0.923. The minimum atomic E-state index is -2.47. The number of nitrogens with zero attached hydrogens (tertiary/aromatic N) is 1. The third kappa shape index (κ3) is 6.65. The van der Waals surface area contributed by atoms with Gasteiger partial charge in [0.15, 0.2) is 0 Å². The lowest BCUT2D eigenvalue weighted by atomic mass is 9.94. The van der Waals surface area contributed by atoms with Crippen LogP contribution >= 0.6 is 15.9 Å². The van der Waals surface area contributed by atoms with Crippen LogP contribution in [-0.2, 0) is 9.53 Å². The van der Waals surface area contributed by atoms with Crippen molar-refractivity contribution in [3.63, 3.8) is 0 Å². The summed E-state index contributed by atoms with van der Waals surface area (Å²) in [5.41, 5.74) is 0. The molecule has 6 heteroatoms. The van der Waals surface area contributed by atoms with Crippen LogP contribution in [0.2, 0.25) is 0 Å². The first-order valence-corrected chi connectivity index (χ1v) is 7.98. The van der Waals surface area contributed by atoms with E-state index in [0.717, 1.165) is 18.2 Å². The Morgan fingerprint density at radius 2 is 2.00 bits per heavy atom. The van der Waals surface area contributed by atoms with Gasteiger partial charge in [0.05, 0.1) is 13.0 Å². The molecular formula is C13H22BrF2NO2. The summed E-state index contributed by atoms with van der Waals surface area (Å²) >= 11 is 3.36. The Morgan fingerprint density at radius 1 is 1.32 bits per heavy atom. The Kier molecular flexibility index (Phi) is 8.53. The Hall–Kier alpha value is -0.230. The molecule has 1 aliphatic rings. The molecular weight excluding hydrogens is 320 g/mol. The van der Waals surface area contributed by atoms with Gasteiger partial charge in [0.25, 0.3) is 6.43 Å². The number of carbonyl (C=O) groups is 1. The maximum atomic E-state index is 12.1. The lowest BCUT2D eigenvalue weighted by Crippen LogP contribution is -2.43. The second-order valence-corrected chi connectivity index (χ2v) is 5.58. The van der Waals surface area contributed by atoms with Crippen molar-refractivity contribution in [3.8, 4) is 0 Å². The summed E-state index contributed by atoms with van der Waals surface area (Å²) in [7, 11) is 0. The first-order chi connectivity index (χ1) is 9.15. The largest absolute Gasteiger partial charge is 0.375 e. The quantitative estimate of drug-likeness (QED) is 0.501. The van der Waals surface area contributed by atoms with E-state index >= 15 is 0 Å².